The minimum Gasteiger partial charge on any atom is -0.507 e. The van der Waals surface area contributed by atoms with Crippen molar-refractivity contribution in [2.45, 2.75) is 0 Å². The normalized spacial score (nSPS) is 10.5. The minimum atomic E-state index is -0.713. The summed E-state index contributed by atoms with van der Waals surface area (Å²) in [6.45, 7) is 0. The van der Waals surface area contributed by atoms with Gasteiger partial charge in [0.05, 0.1) is 0 Å². The van der Waals surface area contributed by atoms with Gasteiger partial charge in [-0.1, -0.05) is 24.3 Å². The van der Waals surface area contributed by atoms with E-state index >= 15 is 0 Å². The van der Waals surface area contributed by atoms with Crippen molar-refractivity contribution in [1.29, 1.82) is 0 Å². The van der Waals surface area contributed by atoms with Crippen LogP contribution in [0.2, 0.25) is 0 Å². The van der Waals surface area contributed by atoms with E-state index in [-0.39, 0.29) is 22.9 Å². The number of rotatable bonds is 2. The number of nitrogens with zero attached hydrogens (tertiary/aromatic N) is 1. The molecule has 0 unspecified atom stereocenters. The second-order valence-corrected chi connectivity index (χ2v) is 4.41. The Bertz CT molecular complexity index is 829. The highest BCUT2D eigenvalue weighted by molar-refractivity contribution is 5.94. The molecule has 3 aromatic rings. The zero-order valence-corrected chi connectivity index (χ0v) is 10.9. The van der Waals surface area contributed by atoms with Crippen molar-refractivity contribution in [2.24, 2.45) is 0 Å². The van der Waals surface area contributed by atoms with Gasteiger partial charge in [0.25, 0.3) is 0 Å². The quantitative estimate of drug-likeness (QED) is 0.706. The van der Waals surface area contributed by atoms with Crippen LogP contribution in [0.4, 0.5) is 0 Å². The molecular formula is C16H11NO4. The third-order valence-electron chi connectivity index (χ3n) is 2.99. The van der Waals surface area contributed by atoms with Gasteiger partial charge in [-0.15, -0.1) is 0 Å². The van der Waals surface area contributed by atoms with Crippen LogP contribution >= 0.6 is 0 Å². The molecule has 21 heavy (non-hydrogen) atoms. The van der Waals surface area contributed by atoms with Crippen molar-refractivity contribution in [3.05, 3.63) is 60.2 Å². The molecule has 0 radical (unpaired) electrons. The maximum atomic E-state index is 12.0. The van der Waals surface area contributed by atoms with Crippen molar-refractivity contribution < 1.29 is 19.7 Å². The lowest BCUT2D eigenvalue weighted by atomic mass is 10.2. The third-order valence-corrected chi connectivity index (χ3v) is 2.99. The van der Waals surface area contributed by atoms with Crippen LogP contribution in [0.5, 0.6) is 17.4 Å². The molecule has 104 valence electrons. The average molecular weight is 281 g/mol. The Labute approximate surface area is 120 Å². The van der Waals surface area contributed by atoms with E-state index in [1.54, 1.807) is 30.3 Å². The molecule has 0 aliphatic heterocycles. The van der Waals surface area contributed by atoms with Gasteiger partial charge in [-0.2, -0.15) is 0 Å². The maximum absolute atomic E-state index is 12.0. The number of benzene rings is 2. The predicted octanol–water partition coefficient (Wildman–Crippen LogP) is 2.87. The number of phenols is 2. The largest absolute Gasteiger partial charge is 0.507 e. The number of ether oxygens (including phenoxy) is 1. The molecule has 2 N–H and O–H groups in total. The summed E-state index contributed by atoms with van der Waals surface area (Å²) >= 11 is 0. The smallest absolute Gasteiger partial charge is 0.348 e. The standard InChI is InChI=1S/C16H11NO4/c18-12-6-2-1-5-11(12)16(20)21-14-9-8-10-4-3-7-13(19)15(10)17-14/h1-9,18-19H. The van der Waals surface area contributed by atoms with Crippen LogP contribution in [0.1, 0.15) is 10.4 Å². The summed E-state index contributed by atoms with van der Waals surface area (Å²) in [6.07, 6.45) is 0. The van der Waals surface area contributed by atoms with Crippen LogP contribution in [0, 0.1) is 0 Å². The van der Waals surface area contributed by atoms with Gasteiger partial charge < -0.3 is 14.9 Å². The van der Waals surface area contributed by atoms with Crippen molar-refractivity contribution in [3.63, 3.8) is 0 Å². The van der Waals surface area contributed by atoms with Gasteiger partial charge in [-0.25, -0.2) is 9.78 Å². The summed E-state index contributed by atoms with van der Waals surface area (Å²) < 4.78 is 5.12. The van der Waals surface area contributed by atoms with Gasteiger partial charge in [0.15, 0.2) is 0 Å². The number of hydrogen-bond acceptors (Lipinski definition) is 5. The number of carbonyl (C=O) groups is 1. The van der Waals surface area contributed by atoms with Gasteiger partial charge in [0, 0.05) is 11.5 Å². The Morgan fingerprint density at radius 2 is 1.67 bits per heavy atom. The zero-order valence-electron chi connectivity index (χ0n) is 10.9. The Hall–Kier alpha value is -3.08. The Kier molecular flexibility index (Phi) is 3.16. The van der Waals surface area contributed by atoms with Gasteiger partial charge >= 0.3 is 5.97 Å². The predicted molar refractivity (Wildman–Crippen MR) is 76.5 cm³/mol. The van der Waals surface area contributed by atoms with E-state index in [0.29, 0.717) is 5.52 Å². The van der Waals surface area contributed by atoms with Crippen molar-refractivity contribution in [2.75, 3.05) is 0 Å². The van der Waals surface area contributed by atoms with Crippen LogP contribution in [0.15, 0.2) is 54.6 Å². The van der Waals surface area contributed by atoms with E-state index < -0.39 is 5.97 Å². The SMILES string of the molecule is O=C(Oc1ccc2cccc(O)c2n1)c1ccccc1O. The lowest BCUT2D eigenvalue weighted by Crippen LogP contribution is -2.09. The van der Waals surface area contributed by atoms with E-state index in [4.69, 9.17) is 4.74 Å². The molecule has 0 bridgehead atoms. The summed E-state index contributed by atoms with van der Waals surface area (Å²) in [4.78, 5) is 16.1. The molecule has 0 aliphatic carbocycles. The van der Waals surface area contributed by atoms with Crippen LogP contribution in [0.25, 0.3) is 10.9 Å². The van der Waals surface area contributed by atoms with E-state index in [0.717, 1.165) is 5.39 Å². The lowest BCUT2D eigenvalue weighted by Gasteiger charge is -2.06. The summed E-state index contributed by atoms with van der Waals surface area (Å²) in [5.74, 6) is -0.813. The molecule has 1 heterocycles. The molecule has 0 saturated carbocycles. The first-order valence-electron chi connectivity index (χ1n) is 6.24. The molecule has 0 spiro atoms. The number of aromatic hydroxyl groups is 2. The molecule has 0 fully saturated rings. The first-order chi connectivity index (χ1) is 10.1. The van der Waals surface area contributed by atoms with E-state index in [1.807, 2.05) is 0 Å². The molecule has 0 saturated heterocycles. The maximum Gasteiger partial charge on any atom is 0.348 e. The average Bonchev–Trinajstić information content (AvgIpc) is 2.48. The Morgan fingerprint density at radius 3 is 2.48 bits per heavy atom. The second kappa shape index (κ2) is 5.13. The second-order valence-electron chi connectivity index (χ2n) is 4.41. The topological polar surface area (TPSA) is 79.7 Å². The van der Waals surface area contributed by atoms with Gasteiger partial charge in [-0.3, -0.25) is 0 Å². The van der Waals surface area contributed by atoms with Crippen LogP contribution in [-0.2, 0) is 0 Å². The summed E-state index contributed by atoms with van der Waals surface area (Å²) in [5.41, 5.74) is 0.400. The van der Waals surface area contributed by atoms with Crippen molar-refractivity contribution >= 4 is 16.9 Å². The third kappa shape index (κ3) is 2.49. The van der Waals surface area contributed by atoms with Gasteiger partial charge in [0.1, 0.15) is 22.6 Å². The van der Waals surface area contributed by atoms with Crippen molar-refractivity contribution in [3.8, 4) is 17.4 Å². The van der Waals surface area contributed by atoms with E-state index in [9.17, 15) is 15.0 Å². The number of carbonyl (C=O) groups excluding carboxylic acids is 1. The first kappa shape index (κ1) is 12.9. The number of hydrogen-bond donors (Lipinski definition) is 2. The van der Waals surface area contributed by atoms with Crippen molar-refractivity contribution in [1.82, 2.24) is 4.98 Å². The highest BCUT2D eigenvalue weighted by Crippen LogP contribution is 2.25. The molecule has 2 aromatic carbocycles. The fourth-order valence-corrected chi connectivity index (χ4v) is 1.97. The molecule has 0 aliphatic rings. The highest BCUT2D eigenvalue weighted by atomic mass is 16.5. The monoisotopic (exact) mass is 281 g/mol. The van der Waals surface area contributed by atoms with Crippen LogP contribution in [-0.4, -0.2) is 21.2 Å². The fourth-order valence-electron chi connectivity index (χ4n) is 1.97. The lowest BCUT2D eigenvalue weighted by molar-refractivity contribution is 0.0725. The number of esters is 1. The summed E-state index contributed by atoms with van der Waals surface area (Å²) in [5, 5.41) is 20.1. The number of phenolic OH excluding ortho intramolecular Hbond substituents is 2. The molecule has 5 nitrogen and oxygen atoms in total. The fraction of sp³-hybridized carbons (Fsp3) is 0. The molecule has 3 rings (SSSR count). The number of aromatic nitrogens is 1. The van der Waals surface area contributed by atoms with E-state index in [2.05, 4.69) is 4.98 Å². The zero-order chi connectivity index (χ0) is 14.8. The summed E-state index contributed by atoms with van der Waals surface area (Å²) in [6, 6.07) is 14.3. The molecule has 1 aromatic heterocycles. The molecule has 0 atom stereocenters. The molecule has 0 amide bonds. The first-order valence-corrected chi connectivity index (χ1v) is 6.24. The summed E-state index contributed by atoms with van der Waals surface area (Å²) in [7, 11) is 0. The molecular weight excluding hydrogens is 270 g/mol. The molecule has 5 heteroatoms. The van der Waals surface area contributed by atoms with Gasteiger partial charge in [0.2, 0.25) is 5.88 Å². The number of fused-ring (bicyclic) bond motifs is 1. The minimum absolute atomic E-state index is 0.00737. The highest BCUT2D eigenvalue weighted by Gasteiger charge is 2.14. The number of pyridine rings is 1. The Balaban J connectivity index is 1.93. The van der Waals surface area contributed by atoms with Gasteiger partial charge in [-0.05, 0) is 24.3 Å². The van der Waals surface area contributed by atoms with Crippen LogP contribution in [0.3, 0.4) is 0 Å². The number of para-hydroxylation sites is 2. The van der Waals surface area contributed by atoms with E-state index in [1.165, 1.54) is 24.3 Å². The Morgan fingerprint density at radius 1 is 0.905 bits per heavy atom. The van der Waals surface area contributed by atoms with Crippen LogP contribution < -0.4 is 4.74 Å².